The normalized spacial score (nSPS) is 21.8. The van der Waals surface area contributed by atoms with Gasteiger partial charge in [-0.2, -0.15) is 0 Å². The first-order chi connectivity index (χ1) is 7.15. The Labute approximate surface area is 90.3 Å². The van der Waals surface area contributed by atoms with Crippen LogP contribution in [-0.2, 0) is 4.74 Å². The third-order valence-electron chi connectivity index (χ3n) is 2.52. The van der Waals surface area contributed by atoms with Gasteiger partial charge >= 0.3 is 0 Å². The largest absolute Gasteiger partial charge is 0.375 e. The van der Waals surface area contributed by atoms with E-state index in [0.29, 0.717) is 0 Å². The first kappa shape index (κ1) is 10.4. The highest BCUT2D eigenvalue weighted by Gasteiger charge is 2.18. The first-order valence-corrected chi connectivity index (χ1v) is 5.34. The van der Waals surface area contributed by atoms with Gasteiger partial charge in [0.25, 0.3) is 0 Å². The van der Waals surface area contributed by atoms with Gasteiger partial charge in [0, 0.05) is 24.8 Å². The summed E-state index contributed by atoms with van der Waals surface area (Å²) in [6.07, 6.45) is 0.286. The van der Waals surface area contributed by atoms with E-state index in [1.165, 1.54) is 0 Å². The Morgan fingerprint density at radius 2 is 2.20 bits per heavy atom. The smallest absolute Gasteiger partial charge is 0.132 e. The van der Waals surface area contributed by atoms with E-state index in [2.05, 4.69) is 21.8 Å². The van der Waals surface area contributed by atoms with Gasteiger partial charge in [0.05, 0.1) is 12.7 Å². The molecule has 2 heterocycles. The predicted molar refractivity (Wildman–Crippen MR) is 59.1 cm³/mol. The van der Waals surface area contributed by atoms with Crippen LogP contribution in [-0.4, -0.2) is 35.8 Å². The Hall–Kier alpha value is -1.16. The Balaban J connectivity index is 2.20. The lowest BCUT2D eigenvalue weighted by molar-refractivity contribution is 0.0529. The van der Waals surface area contributed by atoms with E-state index >= 15 is 0 Å². The maximum atomic E-state index is 5.50. The van der Waals surface area contributed by atoms with Crippen molar-refractivity contribution < 1.29 is 4.74 Å². The fraction of sp³-hybridized carbons (Fsp3) is 0.636. The lowest BCUT2D eigenvalue weighted by Gasteiger charge is -2.32. The van der Waals surface area contributed by atoms with Crippen molar-refractivity contribution in [2.24, 2.45) is 0 Å². The molecule has 0 aliphatic carbocycles. The van der Waals surface area contributed by atoms with E-state index in [9.17, 15) is 0 Å². The van der Waals surface area contributed by atoms with Crippen molar-refractivity contribution in [1.29, 1.82) is 0 Å². The molecule has 0 amide bonds. The molecule has 0 spiro atoms. The molecule has 82 valence electrons. The monoisotopic (exact) mass is 207 g/mol. The fourth-order valence-corrected chi connectivity index (χ4v) is 1.89. The van der Waals surface area contributed by atoms with Crippen LogP contribution >= 0.6 is 0 Å². The minimum absolute atomic E-state index is 0.286. The van der Waals surface area contributed by atoms with Gasteiger partial charge in [0.1, 0.15) is 11.6 Å². The molecular weight excluding hydrogens is 190 g/mol. The van der Waals surface area contributed by atoms with Gasteiger partial charge in [-0.1, -0.05) is 0 Å². The third kappa shape index (κ3) is 2.45. The lowest BCUT2D eigenvalue weighted by Crippen LogP contribution is -2.41. The number of aromatic nitrogens is 2. The maximum absolute atomic E-state index is 5.50. The van der Waals surface area contributed by atoms with Crippen molar-refractivity contribution in [3.63, 3.8) is 0 Å². The van der Waals surface area contributed by atoms with Crippen LogP contribution in [0.1, 0.15) is 18.4 Å². The molecular formula is C11H17N3O. The molecule has 1 atom stereocenters. The highest BCUT2D eigenvalue weighted by Crippen LogP contribution is 2.15. The van der Waals surface area contributed by atoms with Gasteiger partial charge in [-0.15, -0.1) is 0 Å². The van der Waals surface area contributed by atoms with Crippen LogP contribution in [0.15, 0.2) is 6.07 Å². The zero-order valence-electron chi connectivity index (χ0n) is 9.53. The average molecular weight is 207 g/mol. The van der Waals surface area contributed by atoms with E-state index < -0.39 is 0 Å². The van der Waals surface area contributed by atoms with E-state index in [-0.39, 0.29) is 6.10 Å². The summed E-state index contributed by atoms with van der Waals surface area (Å²) < 4.78 is 5.50. The van der Waals surface area contributed by atoms with Crippen molar-refractivity contribution in [3.8, 4) is 0 Å². The van der Waals surface area contributed by atoms with Crippen molar-refractivity contribution in [3.05, 3.63) is 17.6 Å². The molecule has 0 bridgehead atoms. The highest BCUT2D eigenvalue weighted by atomic mass is 16.5. The number of hydrogen-bond donors (Lipinski definition) is 0. The Kier molecular flexibility index (Phi) is 2.86. The standard InChI is InChI=1S/C11H17N3O/c1-8-6-11(13-10(3)12-8)14-4-5-15-9(2)7-14/h6,9H,4-5,7H2,1-3H3. The van der Waals surface area contributed by atoms with Crippen molar-refractivity contribution in [1.82, 2.24) is 9.97 Å². The van der Waals surface area contributed by atoms with Gasteiger partial charge in [0.15, 0.2) is 0 Å². The summed E-state index contributed by atoms with van der Waals surface area (Å²) in [5, 5.41) is 0. The van der Waals surface area contributed by atoms with Gasteiger partial charge in [-0.25, -0.2) is 9.97 Å². The number of hydrogen-bond acceptors (Lipinski definition) is 4. The Bertz CT molecular complexity index is 333. The molecule has 0 saturated carbocycles. The maximum Gasteiger partial charge on any atom is 0.132 e. The summed E-state index contributed by atoms with van der Waals surface area (Å²) in [6, 6.07) is 2.03. The van der Waals surface area contributed by atoms with Gasteiger partial charge in [0.2, 0.25) is 0 Å². The minimum atomic E-state index is 0.286. The van der Waals surface area contributed by atoms with E-state index in [0.717, 1.165) is 37.0 Å². The number of morpholine rings is 1. The molecule has 4 heteroatoms. The molecule has 1 unspecified atom stereocenters. The summed E-state index contributed by atoms with van der Waals surface area (Å²) in [5.41, 5.74) is 1.02. The molecule has 4 nitrogen and oxygen atoms in total. The Morgan fingerprint density at radius 3 is 2.87 bits per heavy atom. The van der Waals surface area contributed by atoms with Crippen LogP contribution in [0.5, 0.6) is 0 Å². The minimum Gasteiger partial charge on any atom is -0.375 e. The zero-order valence-corrected chi connectivity index (χ0v) is 9.53. The molecule has 2 rings (SSSR count). The SMILES string of the molecule is Cc1cc(N2CCOC(C)C2)nc(C)n1. The molecule has 1 aromatic heterocycles. The van der Waals surface area contributed by atoms with Crippen molar-refractivity contribution in [2.45, 2.75) is 26.9 Å². The van der Waals surface area contributed by atoms with Gasteiger partial charge in [-0.05, 0) is 20.8 Å². The quantitative estimate of drug-likeness (QED) is 0.696. The van der Waals surface area contributed by atoms with E-state index in [1.807, 2.05) is 19.9 Å². The number of anilines is 1. The molecule has 1 aliphatic heterocycles. The molecule has 15 heavy (non-hydrogen) atoms. The summed E-state index contributed by atoms with van der Waals surface area (Å²) >= 11 is 0. The highest BCUT2D eigenvalue weighted by molar-refractivity contribution is 5.40. The van der Waals surface area contributed by atoms with Gasteiger partial charge in [-0.3, -0.25) is 0 Å². The van der Waals surface area contributed by atoms with Crippen molar-refractivity contribution in [2.75, 3.05) is 24.6 Å². The number of rotatable bonds is 1. The number of nitrogens with zero attached hydrogens (tertiary/aromatic N) is 3. The summed E-state index contributed by atoms with van der Waals surface area (Å²) in [5.74, 6) is 1.86. The van der Waals surface area contributed by atoms with Crippen LogP contribution in [0.2, 0.25) is 0 Å². The molecule has 0 radical (unpaired) electrons. The van der Waals surface area contributed by atoms with Crippen LogP contribution in [0.4, 0.5) is 5.82 Å². The second kappa shape index (κ2) is 4.14. The average Bonchev–Trinajstić information content (AvgIpc) is 2.16. The molecule has 0 aromatic carbocycles. The Morgan fingerprint density at radius 1 is 1.40 bits per heavy atom. The van der Waals surface area contributed by atoms with E-state index in [1.54, 1.807) is 0 Å². The third-order valence-corrected chi connectivity index (χ3v) is 2.52. The van der Waals surface area contributed by atoms with Crippen LogP contribution in [0.3, 0.4) is 0 Å². The van der Waals surface area contributed by atoms with Crippen LogP contribution in [0, 0.1) is 13.8 Å². The summed E-state index contributed by atoms with van der Waals surface area (Å²) in [7, 11) is 0. The summed E-state index contributed by atoms with van der Waals surface area (Å²) in [6.45, 7) is 8.63. The van der Waals surface area contributed by atoms with Gasteiger partial charge < -0.3 is 9.64 Å². The zero-order chi connectivity index (χ0) is 10.8. The molecule has 1 fully saturated rings. The molecule has 1 aliphatic rings. The number of aryl methyl sites for hydroxylation is 2. The first-order valence-electron chi connectivity index (χ1n) is 5.34. The van der Waals surface area contributed by atoms with E-state index in [4.69, 9.17) is 4.74 Å². The molecule has 1 saturated heterocycles. The van der Waals surface area contributed by atoms with Crippen LogP contribution in [0.25, 0.3) is 0 Å². The summed E-state index contributed by atoms with van der Waals surface area (Å²) in [4.78, 5) is 11.0. The second-order valence-corrected chi connectivity index (χ2v) is 4.04. The topological polar surface area (TPSA) is 38.2 Å². The lowest BCUT2D eigenvalue weighted by atomic mass is 10.3. The molecule has 0 N–H and O–H groups in total. The fourth-order valence-electron chi connectivity index (χ4n) is 1.89. The van der Waals surface area contributed by atoms with Crippen molar-refractivity contribution >= 4 is 5.82 Å². The predicted octanol–water partition coefficient (Wildman–Crippen LogP) is 1.32. The van der Waals surface area contributed by atoms with Crippen LogP contribution < -0.4 is 4.90 Å². The second-order valence-electron chi connectivity index (χ2n) is 4.04. The molecule has 1 aromatic rings. The number of ether oxygens (including phenoxy) is 1.